The lowest BCUT2D eigenvalue weighted by Gasteiger charge is -2.21. The van der Waals surface area contributed by atoms with Gasteiger partial charge in [-0.05, 0) is 63.2 Å². The molecule has 0 heterocycles. The second-order valence-electron chi connectivity index (χ2n) is 25.7. The van der Waals surface area contributed by atoms with Gasteiger partial charge in [0.05, 0.1) is 26.4 Å². The summed E-state index contributed by atoms with van der Waals surface area (Å²) in [6, 6.07) is 0. The van der Waals surface area contributed by atoms with Crippen LogP contribution in [0.4, 0.5) is 0 Å². The van der Waals surface area contributed by atoms with Gasteiger partial charge in [-0.2, -0.15) is 0 Å². The summed E-state index contributed by atoms with van der Waals surface area (Å²) in [4.78, 5) is 72.4. The number of carbonyl (C=O) groups is 4. The van der Waals surface area contributed by atoms with Crippen molar-refractivity contribution in [3.05, 3.63) is 24.3 Å². The average Bonchev–Trinajstić information content (AvgIpc) is 3.60. The molecule has 3 N–H and O–H groups in total. The van der Waals surface area contributed by atoms with Crippen molar-refractivity contribution in [1.82, 2.24) is 0 Å². The number of phosphoric acid groups is 2. The molecular weight excluding hydrogens is 1190 g/mol. The fourth-order valence-electron chi connectivity index (χ4n) is 10.2. The van der Waals surface area contributed by atoms with Crippen molar-refractivity contribution in [2.24, 2.45) is 11.8 Å². The number of aliphatic hydroxyl groups is 1. The van der Waals surface area contributed by atoms with Gasteiger partial charge in [0.2, 0.25) is 0 Å². The molecule has 0 aliphatic rings. The third-order valence-corrected chi connectivity index (χ3v) is 18.1. The van der Waals surface area contributed by atoms with Gasteiger partial charge < -0.3 is 33.8 Å². The molecule has 6 atom stereocenters. The van der Waals surface area contributed by atoms with E-state index in [0.29, 0.717) is 31.6 Å². The van der Waals surface area contributed by atoms with Gasteiger partial charge in [0, 0.05) is 25.7 Å². The lowest BCUT2D eigenvalue weighted by molar-refractivity contribution is -0.161. The summed E-state index contributed by atoms with van der Waals surface area (Å²) in [6.07, 6.45) is 51.0. The Morgan fingerprint density at radius 3 is 1.00 bits per heavy atom. The molecule has 0 radical (unpaired) electrons. The summed E-state index contributed by atoms with van der Waals surface area (Å²) in [5, 5.41) is 10.6. The SMILES string of the molecule is CCCCCC/C=C\C=C/CCCCCCCC(=O)OC[C@H](COP(=O)(O)OC[C@@H](O)COP(=O)(O)OC[C@@H](COC(=O)CCCCCCCCC)OC(=O)CCCCCCCCCC(C)C)OC(=O)CCCCCCCCCCCCCCCCC(C)CC. The molecule has 90 heavy (non-hydrogen) atoms. The number of aliphatic hydroxyl groups excluding tert-OH is 1. The zero-order valence-electron chi connectivity index (χ0n) is 57.9. The maximum atomic E-state index is 13.0. The highest BCUT2D eigenvalue weighted by Crippen LogP contribution is 2.45. The van der Waals surface area contributed by atoms with E-state index in [-0.39, 0.29) is 25.7 Å². The van der Waals surface area contributed by atoms with Crippen LogP contribution in [0.2, 0.25) is 0 Å². The van der Waals surface area contributed by atoms with Crippen LogP contribution < -0.4 is 0 Å². The average molecular weight is 1320 g/mol. The van der Waals surface area contributed by atoms with Crippen molar-refractivity contribution in [2.75, 3.05) is 39.6 Å². The first-order valence-corrected chi connectivity index (χ1v) is 39.3. The van der Waals surface area contributed by atoms with E-state index in [1.807, 2.05) is 0 Å². The molecule has 0 saturated carbocycles. The molecule has 19 heteroatoms. The van der Waals surface area contributed by atoms with E-state index in [4.69, 9.17) is 37.0 Å². The van der Waals surface area contributed by atoms with Gasteiger partial charge in [0.25, 0.3) is 0 Å². The van der Waals surface area contributed by atoms with E-state index in [1.54, 1.807) is 0 Å². The number of carbonyl (C=O) groups excluding carboxylic acids is 4. The topological polar surface area (TPSA) is 237 Å². The Hall–Kier alpha value is -2.46. The van der Waals surface area contributed by atoms with Crippen molar-refractivity contribution in [3.63, 3.8) is 0 Å². The zero-order valence-corrected chi connectivity index (χ0v) is 59.7. The quantitative estimate of drug-likeness (QED) is 0.0169. The molecule has 0 aromatic heterocycles. The molecular formula is C71H134O17P2. The minimum Gasteiger partial charge on any atom is -0.462 e. The monoisotopic (exact) mass is 1320 g/mol. The van der Waals surface area contributed by atoms with E-state index in [0.717, 1.165) is 128 Å². The summed E-state index contributed by atoms with van der Waals surface area (Å²) in [5.41, 5.74) is 0. The number of hydrogen-bond donors (Lipinski definition) is 3. The van der Waals surface area contributed by atoms with Crippen molar-refractivity contribution in [2.45, 2.75) is 355 Å². The molecule has 0 bridgehead atoms. The smallest absolute Gasteiger partial charge is 0.462 e. The third kappa shape index (κ3) is 63.0. The highest BCUT2D eigenvalue weighted by atomic mass is 31.2. The first kappa shape index (κ1) is 87.5. The molecule has 0 saturated heterocycles. The van der Waals surface area contributed by atoms with Crippen molar-refractivity contribution < 1.29 is 80.2 Å². The lowest BCUT2D eigenvalue weighted by Crippen LogP contribution is -2.30. The molecule has 0 spiro atoms. The third-order valence-electron chi connectivity index (χ3n) is 16.2. The van der Waals surface area contributed by atoms with Crippen LogP contribution in [-0.4, -0.2) is 96.7 Å². The number of hydrogen-bond acceptors (Lipinski definition) is 15. The van der Waals surface area contributed by atoms with Gasteiger partial charge in [-0.3, -0.25) is 37.3 Å². The molecule has 0 aliphatic carbocycles. The second-order valence-corrected chi connectivity index (χ2v) is 28.6. The number of allylic oxidation sites excluding steroid dienone is 4. The van der Waals surface area contributed by atoms with Gasteiger partial charge in [0.1, 0.15) is 19.3 Å². The summed E-state index contributed by atoms with van der Waals surface area (Å²) in [7, 11) is -9.91. The predicted molar refractivity (Wildman–Crippen MR) is 363 cm³/mol. The molecule has 530 valence electrons. The molecule has 0 aromatic rings. The fourth-order valence-corrected chi connectivity index (χ4v) is 11.8. The minimum absolute atomic E-state index is 0.100. The van der Waals surface area contributed by atoms with E-state index >= 15 is 0 Å². The summed E-state index contributed by atoms with van der Waals surface area (Å²) < 4.78 is 68.1. The van der Waals surface area contributed by atoms with Crippen LogP contribution in [-0.2, 0) is 65.4 Å². The number of ether oxygens (including phenoxy) is 4. The largest absolute Gasteiger partial charge is 0.472 e. The van der Waals surface area contributed by atoms with E-state index < -0.39 is 97.5 Å². The van der Waals surface area contributed by atoms with Crippen LogP contribution in [0.3, 0.4) is 0 Å². The Bertz CT molecular complexity index is 1850. The highest BCUT2D eigenvalue weighted by molar-refractivity contribution is 7.47. The summed E-state index contributed by atoms with van der Waals surface area (Å²) in [5.74, 6) is -0.622. The fraction of sp³-hybridized carbons (Fsp3) is 0.887. The van der Waals surface area contributed by atoms with Crippen LogP contribution in [0.5, 0.6) is 0 Å². The van der Waals surface area contributed by atoms with Crippen molar-refractivity contribution in [1.29, 1.82) is 0 Å². The number of phosphoric ester groups is 2. The van der Waals surface area contributed by atoms with Crippen LogP contribution in [0.1, 0.15) is 337 Å². The standard InChI is InChI=1S/C71H134O17P2/c1-7-10-12-14-16-17-18-19-20-24-27-30-36-42-48-54-69(74)82-60-67(87-70(75)55-49-43-37-31-28-25-22-21-23-26-29-35-40-46-52-64(6)9-3)62-86-90(79,80)84-58-65(72)57-83-89(77,78)85-61-66(59-81-68(73)53-47-41-33-15-13-11-8-2)88-71(76)56-50-44-38-32-34-39-45-51-63(4)5/h17-20,63-67,72H,7-16,21-62H2,1-6H3,(H,77,78)(H,79,80)/b18-17-,20-19-/t64?,65-,66+,67+/m0/s1. The molecule has 0 fully saturated rings. The van der Waals surface area contributed by atoms with E-state index in [1.165, 1.54) is 122 Å². The molecule has 0 aromatic carbocycles. The Morgan fingerprint density at radius 1 is 0.367 bits per heavy atom. The Morgan fingerprint density at radius 2 is 0.656 bits per heavy atom. The maximum Gasteiger partial charge on any atom is 0.472 e. The van der Waals surface area contributed by atoms with Gasteiger partial charge in [-0.1, -0.05) is 284 Å². The van der Waals surface area contributed by atoms with Crippen LogP contribution in [0.15, 0.2) is 24.3 Å². The van der Waals surface area contributed by atoms with Crippen molar-refractivity contribution in [3.8, 4) is 0 Å². The molecule has 17 nitrogen and oxygen atoms in total. The van der Waals surface area contributed by atoms with Gasteiger partial charge >= 0.3 is 39.5 Å². The van der Waals surface area contributed by atoms with Gasteiger partial charge in [0.15, 0.2) is 12.2 Å². The molecule has 0 rings (SSSR count). The maximum absolute atomic E-state index is 13.0. The van der Waals surface area contributed by atoms with E-state index in [9.17, 15) is 43.2 Å². The normalized spacial score (nSPS) is 14.6. The zero-order chi connectivity index (χ0) is 66.5. The first-order valence-electron chi connectivity index (χ1n) is 36.3. The minimum atomic E-state index is -4.96. The Kier molecular flexibility index (Phi) is 60.9. The molecule has 3 unspecified atom stereocenters. The van der Waals surface area contributed by atoms with Crippen LogP contribution >= 0.6 is 15.6 Å². The van der Waals surface area contributed by atoms with Crippen LogP contribution in [0, 0.1) is 11.8 Å². The van der Waals surface area contributed by atoms with Crippen LogP contribution in [0.25, 0.3) is 0 Å². The number of rotatable bonds is 68. The predicted octanol–water partition coefficient (Wildman–Crippen LogP) is 19.9. The summed E-state index contributed by atoms with van der Waals surface area (Å²) in [6.45, 7) is 9.43. The first-order chi connectivity index (χ1) is 43.4. The molecule has 0 aliphatic heterocycles. The Labute approximate surface area is 548 Å². The lowest BCUT2D eigenvalue weighted by atomic mass is 9.99. The summed E-state index contributed by atoms with van der Waals surface area (Å²) >= 11 is 0. The van der Waals surface area contributed by atoms with Gasteiger partial charge in [-0.15, -0.1) is 0 Å². The molecule has 0 amide bonds. The van der Waals surface area contributed by atoms with Gasteiger partial charge in [-0.25, -0.2) is 9.13 Å². The Balaban J connectivity index is 5.23. The highest BCUT2D eigenvalue weighted by Gasteiger charge is 2.30. The van der Waals surface area contributed by atoms with E-state index in [2.05, 4.69) is 65.8 Å². The second kappa shape index (κ2) is 62.6. The number of esters is 4. The van der Waals surface area contributed by atoms with Crippen molar-refractivity contribution >= 4 is 39.5 Å². The number of unbranched alkanes of at least 4 members (excludes halogenated alkanes) is 34.